The zero-order chi connectivity index (χ0) is 21.3. The summed E-state index contributed by atoms with van der Waals surface area (Å²) in [5, 5.41) is 3.78. The van der Waals surface area contributed by atoms with Crippen LogP contribution in [0.15, 0.2) is 131 Å². The summed E-state index contributed by atoms with van der Waals surface area (Å²) in [5.74, 6) is 0. The highest BCUT2D eigenvalue weighted by Crippen LogP contribution is 2.53. The van der Waals surface area contributed by atoms with Gasteiger partial charge < -0.3 is 5.32 Å². The smallest absolute Gasteiger partial charge is 0.0612 e. The number of hydrogen-bond donors (Lipinski definition) is 1. The third kappa shape index (κ3) is 3.30. The molecular formula is C30H21NS. The molecule has 1 nitrogen and oxygen atoms in total. The quantitative estimate of drug-likeness (QED) is 0.302. The molecule has 32 heavy (non-hydrogen) atoms. The summed E-state index contributed by atoms with van der Waals surface area (Å²) in [4.78, 5) is 2.51. The Morgan fingerprint density at radius 3 is 1.66 bits per heavy atom. The molecule has 1 heterocycles. The molecule has 1 aliphatic heterocycles. The van der Waals surface area contributed by atoms with E-state index in [-0.39, 0.29) is 0 Å². The van der Waals surface area contributed by atoms with Crippen LogP contribution in [0.1, 0.15) is 0 Å². The second-order valence-electron chi connectivity index (χ2n) is 7.87. The lowest BCUT2D eigenvalue weighted by Crippen LogP contribution is -2.04. The predicted octanol–water partition coefficient (Wildman–Crippen LogP) is 8.90. The summed E-state index contributed by atoms with van der Waals surface area (Å²) in [6.45, 7) is 0. The summed E-state index contributed by atoms with van der Waals surface area (Å²) in [6.07, 6.45) is 0. The highest BCUT2D eigenvalue weighted by atomic mass is 32.2. The van der Waals surface area contributed by atoms with Gasteiger partial charge in [-0.2, -0.15) is 0 Å². The Morgan fingerprint density at radius 1 is 0.469 bits per heavy atom. The Morgan fingerprint density at radius 2 is 1.00 bits per heavy atom. The Balaban J connectivity index is 1.72. The van der Waals surface area contributed by atoms with E-state index in [4.69, 9.17) is 0 Å². The first kappa shape index (κ1) is 19.0. The van der Waals surface area contributed by atoms with Gasteiger partial charge >= 0.3 is 0 Å². The van der Waals surface area contributed by atoms with Crippen LogP contribution in [0.25, 0.3) is 33.4 Å². The van der Waals surface area contributed by atoms with E-state index in [0.717, 1.165) is 5.69 Å². The SMILES string of the molecule is c1ccc(-c2cc3c(c(-c4ccccc4)c2-c2ccccc2)Nc2ccccc2S3)cc1. The van der Waals surface area contributed by atoms with Crippen LogP contribution >= 0.6 is 11.8 Å². The lowest BCUT2D eigenvalue weighted by molar-refractivity contribution is 1.31. The van der Waals surface area contributed by atoms with Crippen molar-refractivity contribution in [1.29, 1.82) is 0 Å². The Bertz CT molecular complexity index is 1390. The minimum Gasteiger partial charge on any atom is -0.353 e. The van der Waals surface area contributed by atoms with E-state index < -0.39 is 0 Å². The fourth-order valence-corrected chi connectivity index (χ4v) is 5.46. The zero-order valence-corrected chi connectivity index (χ0v) is 18.3. The minimum absolute atomic E-state index is 1.16. The molecule has 0 aromatic heterocycles. The molecule has 0 saturated heterocycles. The van der Waals surface area contributed by atoms with E-state index in [1.807, 2.05) is 11.8 Å². The maximum atomic E-state index is 3.78. The summed E-state index contributed by atoms with van der Waals surface area (Å²) < 4.78 is 0. The zero-order valence-electron chi connectivity index (χ0n) is 17.5. The molecule has 0 amide bonds. The van der Waals surface area contributed by atoms with Crippen molar-refractivity contribution in [2.45, 2.75) is 9.79 Å². The molecule has 152 valence electrons. The number of fused-ring (bicyclic) bond motifs is 2. The van der Waals surface area contributed by atoms with Crippen LogP contribution in [0.3, 0.4) is 0 Å². The Labute approximate surface area is 192 Å². The van der Waals surface area contributed by atoms with Gasteiger partial charge in [0.2, 0.25) is 0 Å². The standard InChI is InChI=1S/C30H21NS/c1-4-12-21(13-5-1)24-20-27-30(31-25-18-10-11-19-26(25)32-27)29(23-16-8-3-9-17-23)28(24)22-14-6-2-7-15-22/h1-20,31H. The predicted molar refractivity (Wildman–Crippen MR) is 137 cm³/mol. The minimum atomic E-state index is 1.16. The van der Waals surface area contributed by atoms with Gasteiger partial charge in [-0.25, -0.2) is 0 Å². The molecule has 0 saturated carbocycles. The van der Waals surface area contributed by atoms with Gasteiger partial charge in [0, 0.05) is 15.4 Å². The second kappa shape index (κ2) is 8.07. The normalized spacial score (nSPS) is 11.9. The summed E-state index contributed by atoms with van der Waals surface area (Å²) >= 11 is 1.84. The fraction of sp³-hybridized carbons (Fsp3) is 0. The van der Waals surface area contributed by atoms with Gasteiger partial charge in [-0.3, -0.25) is 0 Å². The maximum Gasteiger partial charge on any atom is 0.0612 e. The summed E-state index contributed by atoms with van der Waals surface area (Å²) in [5.41, 5.74) is 9.76. The number of para-hydroxylation sites is 1. The summed E-state index contributed by atoms with van der Waals surface area (Å²) in [7, 11) is 0. The van der Waals surface area contributed by atoms with E-state index in [1.54, 1.807) is 0 Å². The van der Waals surface area contributed by atoms with Crippen molar-refractivity contribution >= 4 is 23.1 Å². The molecule has 1 N–H and O–H groups in total. The third-order valence-corrected chi connectivity index (χ3v) is 6.99. The molecule has 0 bridgehead atoms. The molecule has 0 radical (unpaired) electrons. The lowest BCUT2D eigenvalue weighted by atomic mass is 9.86. The van der Waals surface area contributed by atoms with E-state index in [0.29, 0.717) is 0 Å². The highest BCUT2D eigenvalue weighted by Gasteiger charge is 2.25. The molecule has 0 aliphatic carbocycles. The van der Waals surface area contributed by atoms with Crippen LogP contribution in [0.5, 0.6) is 0 Å². The monoisotopic (exact) mass is 427 g/mol. The van der Waals surface area contributed by atoms with E-state index in [9.17, 15) is 0 Å². The molecule has 2 heteroatoms. The van der Waals surface area contributed by atoms with Gasteiger partial charge in [0.15, 0.2) is 0 Å². The van der Waals surface area contributed by atoms with Crippen molar-refractivity contribution in [1.82, 2.24) is 0 Å². The molecule has 0 unspecified atom stereocenters. The molecule has 1 aliphatic rings. The van der Waals surface area contributed by atoms with Gasteiger partial charge in [-0.15, -0.1) is 0 Å². The van der Waals surface area contributed by atoms with Crippen molar-refractivity contribution < 1.29 is 0 Å². The molecule has 0 spiro atoms. The van der Waals surface area contributed by atoms with Crippen molar-refractivity contribution in [3.05, 3.63) is 121 Å². The maximum absolute atomic E-state index is 3.78. The third-order valence-electron chi connectivity index (χ3n) is 5.87. The van der Waals surface area contributed by atoms with Gasteiger partial charge in [-0.05, 0) is 46.0 Å². The molecule has 5 aromatic rings. The first-order valence-electron chi connectivity index (χ1n) is 10.8. The average Bonchev–Trinajstić information content (AvgIpc) is 2.88. The van der Waals surface area contributed by atoms with Crippen molar-refractivity contribution in [3.63, 3.8) is 0 Å². The Hall–Kier alpha value is -3.75. The molecule has 0 atom stereocenters. The summed E-state index contributed by atoms with van der Waals surface area (Å²) in [6, 6.07) is 43.1. The van der Waals surface area contributed by atoms with Crippen LogP contribution in [0, 0.1) is 0 Å². The topological polar surface area (TPSA) is 12.0 Å². The van der Waals surface area contributed by atoms with Crippen LogP contribution in [-0.4, -0.2) is 0 Å². The van der Waals surface area contributed by atoms with Gasteiger partial charge in [0.25, 0.3) is 0 Å². The van der Waals surface area contributed by atoms with Crippen molar-refractivity contribution in [2.24, 2.45) is 0 Å². The van der Waals surface area contributed by atoms with Crippen LogP contribution in [-0.2, 0) is 0 Å². The molecular weight excluding hydrogens is 406 g/mol. The molecule has 6 rings (SSSR count). The van der Waals surface area contributed by atoms with Crippen LogP contribution in [0.2, 0.25) is 0 Å². The first-order valence-corrected chi connectivity index (χ1v) is 11.6. The van der Waals surface area contributed by atoms with Crippen molar-refractivity contribution in [2.75, 3.05) is 5.32 Å². The molecule has 0 fully saturated rings. The number of anilines is 2. The molecule has 5 aromatic carbocycles. The first-order chi connectivity index (χ1) is 15.9. The number of hydrogen-bond acceptors (Lipinski definition) is 2. The largest absolute Gasteiger partial charge is 0.353 e. The second-order valence-corrected chi connectivity index (χ2v) is 8.95. The fourth-order valence-electron chi connectivity index (χ4n) is 4.42. The highest BCUT2D eigenvalue weighted by molar-refractivity contribution is 7.99. The van der Waals surface area contributed by atoms with Crippen molar-refractivity contribution in [3.8, 4) is 33.4 Å². The number of benzene rings is 5. The van der Waals surface area contributed by atoms with Gasteiger partial charge in [0.05, 0.1) is 11.4 Å². The van der Waals surface area contributed by atoms with Gasteiger partial charge in [-0.1, -0.05) is 115 Å². The van der Waals surface area contributed by atoms with Crippen LogP contribution < -0.4 is 5.32 Å². The number of nitrogens with one attached hydrogen (secondary N) is 1. The van der Waals surface area contributed by atoms with Crippen LogP contribution in [0.4, 0.5) is 11.4 Å². The Kier molecular flexibility index (Phi) is 4.78. The van der Waals surface area contributed by atoms with Gasteiger partial charge in [0.1, 0.15) is 0 Å². The van der Waals surface area contributed by atoms with E-state index in [2.05, 4.69) is 127 Å². The van der Waals surface area contributed by atoms with E-state index in [1.165, 1.54) is 48.9 Å². The average molecular weight is 428 g/mol. The number of rotatable bonds is 3. The van der Waals surface area contributed by atoms with E-state index >= 15 is 0 Å². The lowest BCUT2D eigenvalue weighted by Gasteiger charge is -2.28.